The number of amides is 1. The molecule has 0 atom stereocenters. The summed E-state index contributed by atoms with van der Waals surface area (Å²) < 4.78 is 0. The molecule has 0 aromatic carbocycles. The van der Waals surface area contributed by atoms with E-state index in [1.807, 2.05) is 0 Å². The van der Waals surface area contributed by atoms with Crippen molar-refractivity contribution in [1.29, 1.82) is 0 Å². The lowest BCUT2D eigenvalue weighted by Crippen LogP contribution is -2.25. The Morgan fingerprint density at radius 2 is 2.15 bits per heavy atom. The summed E-state index contributed by atoms with van der Waals surface area (Å²) in [4.78, 5) is 14.4. The van der Waals surface area contributed by atoms with E-state index in [0.717, 1.165) is 0 Å². The highest BCUT2D eigenvalue weighted by Crippen LogP contribution is 1.99. The maximum atomic E-state index is 10.6. The van der Waals surface area contributed by atoms with Crippen LogP contribution in [-0.4, -0.2) is 11.1 Å². The van der Waals surface area contributed by atoms with Crippen LogP contribution in [0.4, 0.5) is 0 Å². The zero-order chi connectivity index (χ0) is 10.4. The van der Waals surface area contributed by atoms with Crippen molar-refractivity contribution in [3.63, 3.8) is 0 Å². The number of carbonyl (C=O) groups is 1. The van der Waals surface area contributed by atoms with Crippen molar-refractivity contribution >= 4 is 22.7 Å². The smallest absolute Gasteiger partial charge is 0.268 e. The summed E-state index contributed by atoms with van der Waals surface area (Å²) in [5, 5.41) is 2.77. The fraction of sp³-hybridized carbons (Fsp3) is 0.143. The highest BCUT2D eigenvalue weighted by atomic mass is 35.5. The zero-order valence-electron chi connectivity index (χ0n) is 7.17. The molecule has 5 nitrogen and oxygen atoms in total. The monoisotopic (exact) mass is 202 g/mol. The number of nitrogens with two attached hydrogens (primary N) is 2. The van der Waals surface area contributed by atoms with Gasteiger partial charge in [-0.1, -0.05) is 18.2 Å². The van der Waals surface area contributed by atoms with Gasteiger partial charge in [-0.3, -0.25) is 4.79 Å². The fourth-order valence-electron chi connectivity index (χ4n) is 0.538. The van der Waals surface area contributed by atoms with Crippen molar-refractivity contribution in [3.8, 4) is 0 Å². The Bertz CT molecular complexity index is 278. The Balaban J connectivity index is 4.99. The van der Waals surface area contributed by atoms with Crippen molar-refractivity contribution in [2.75, 3.05) is 0 Å². The minimum Gasteiger partial charge on any atom is -0.391 e. The van der Waals surface area contributed by atoms with Crippen LogP contribution in [0.3, 0.4) is 0 Å². The highest BCUT2D eigenvalue weighted by Gasteiger charge is 2.06. The van der Waals surface area contributed by atoms with Gasteiger partial charge >= 0.3 is 0 Å². The molecule has 72 valence electrons. The van der Waals surface area contributed by atoms with Gasteiger partial charge < -0.3 is 16.8 Å². The molecule has 0 bridgehead atoms. The Hall–Kier alpha value is -1.49. The van der Waals surface area contributed by atoms with Crippen LogP contribution in [0.5, 0.6) is 0 Å². The molecular weight excluding hydrogens is 192 g/mol. The lowest BCUT2D eigenvalue weighted by Gasteiger charge is -2.03. The van der Waals surface area contributed by atoms with E-state index < -0.39 is 5.91 Å². The molecule has 0 heterocycles. The summed E-state index contributed by atoms with van der Waals surface area (Å²) in [6.45, 7) is 4.93. The van der Waals surface area contributed by atoms with E-state index in [1.54, 1.807) is 6.92 Å². The highest BCUT2D eigenvalue weighted by molar-refractivity contribution is 6.64. The molecule has 0 radical (unpaired) electrons. The lowest BCUT2D eigenvalue weighted by molar-refractivity contribution is -0.114. The summed E-state index contributed by atoms with van der Waals surface area (Å²) in [5.41, 5.74) is 10.1. The predicted molar refractivity (Wildman–Crippen MR) is 52.7 cm³/mol. The third-order valence-corrected chi connectivity index (χ3v) is 1.11. The summed E-state index contributed by atoms with van der Waals surface area (Å²) in [7, 11) is 0. The van der Waals surface area contributed by atoms with E-state index in [4.69, 9.17) is 23.1 Å². The molecule has 0 aromatic heterocycles. The van der Waals surface area contributed by atoms with Gasteiger partial charge in [0.15, 0.2) is 5.82 Å². The largest absolute Gasteiger partial charge is 0.391 e. The Morgan fingerprint density at radius 1 is 1.62 bits per heavy atom. The number of primary amides is 1. The standard InChI is InChI=1S/C7H11ClN4O/c1-3-11-7(12-4(2)8)5(9)6(10)13/h3,11H,1,9H2,2H3,(H2,10,13)/b7-5+,12-4+. The molecule has 6 heteroatoms. The molecule has 13 heavy (non-hydrogen) atoms. The van der Waals surface area contributed by atoms with E-state index in [0.29, 0.717) is 0 Å². The molecule has 0 aliphatic carbocycles. The van der Waals surface area contributed by atoms with Crippen molar-refractivity contribution in [3.05, 3.63) is 24.3 Å². The van der Waals surface area contributed by atoms with Crippen LogP contribution in [0, 0.1) is 0 Å². The second-order valence-electron chi connectivity index (χ2n) is 2.08. The number of nitrogens with zero attached hydrogens (tertiary/aromatic N) is 1. The third kappa shape index (κ3) is 4.17. The topological polar surface area (TPSA) is 93.5 Å². The summed E-state index contributed by atoms with van der Waals surface area (Å²) in [6.07, 6.45) is 1.31. The number of halogens is 1. The van der Waals surface area contributed by atoms with Gasteiger partial charge in [-0.15, -0.1) is 0 Å². The molecule has 0 unspecified atom stereocenters. The number of hydrogen-bond acceptors (Lipinski definition) is 4. The first kappa shape index (κ1) is 11.5. The van der Waals surface area contributed by atoms with Gasteiger partial charge in [-0.2, -0.15) is 0 Å². The molecular formula is C7H11ClN4O. The maximum Gasteiger partial charge on any atom is 0.268 e. The molecule has 0 aromatic rings. The number of hydrogen-bond donors (Lipinski definition) is 3. The fourth-order valence-corrected chi connectivity index (χ4v) is 0.622. The molecule has 0 fully saturated rings. The van der Waals surface area contributed by atoms with Gasteiger partial charge in [0.1, 0.15) is 10.9 Å². The van der Waals surface area contributed by atoms with Crippen molar-refractivity contribution in [2.24, 2.45) is 16.5 Å². The van der Waals surface area contributed by atoms with Crippen LogP contribution in [0.15, 0.2) is 29.3 Å². The Morgan fingerprint density at radius 3 is 2.46 bits per heavy atom. The molecule has 5 N–H and O–H groups in total. The molecule has 0 saturated carbocycles. The van der Waals surface area contributed by atoms with Crippen molar-refractivity contribution in [1.82, 2.24) is 5.32 Å². The van der Waals surface area contributed by atoms with E-state index in [9.17, 15) is 4.79 Å². The molecule has 0 aliphatic rings. The molecule has 0 saturated heterocycles. The number of nitrogens with one attached hydrogen (secondary N) is 1. The maximum absolute atomic E-state index is 10.6. The van der Waals surface area contributed by atoms with Gasteiger partial charge in [0.25, 0.3) is 5.91 Å². The first-order valence-corrected chi connectivity index (χ1v) is 3.74. The second kappa shape index (κ2) is 5.21. The second-order valence-corrected chi connectivity index (χ2v) is 2.63. The number of carbonyl (C=O) groups excluding carboxylic acids is 1. The van der Waals surface area contributed by atoms with Crippen molar-refractivity contribution < 1.29 is 4.79 Å². The number of rotatable bonds is 4. The molecule has 0 aliphatic heterocycles. The minimum atomic E-state index is -0.772. The van der Waals surface area contributed by atoms with Crippen LogP contribution >= 0.6 is 11.6 Å². The lowest BCUT2D eigenvalue weighted by atomic mass is 10.4. The molecule has 0 spiro atoms. The Labute approximate surface area is 81.1 Å². The van der Waals surface area contributed by atoms with Crippen LogP contribution < -0.4 is 16.8 Å². The van der Waals surface area contributed by atoms with Crippen LogP contribution in [0.25, 0.3) is 0 Å². The summed E-state index contributed by atoms with van der Waals surface area (Å²) in [5.74, 6) is -0.680. The normalized spacial score (nSPS) is 13.2. The van der Waals surface area contributed by atoms with Gasteiger partial charge in [-0.05, 0) is 13.1 Å². The quantitative estimate of drug-likeness (QED) is 0.442. The van der Waals surface area contributed by atoms with Crippen LogP contribution in [-0.2, 0) is 4.79 Å². The van der Waals surface area contributed by atoms with E-state index >= 15 is 0 Å². The SMILES string of the molecule is C=CNC(/N=C(\C)Cl)=C(\N)C(N)=O. The van der Waals surface area contributed by atoms with Gasteiger partial charge in [0.2, 0.25) is 0 Å². The molecule has 1 amide bonds. The van der Waals surface area contributed by atoms with E-state index in [2.05, 4.69) is 16.9 Å². The minimum absolute atomic E-state index is 0.0926. The van der Waals surface area contributed by atoms with Crippen LogP contribution in [0.2, 0.25) is 0 Å². The molecule has 0 rings (SSSR count). The third-order valence-electron chi connectivity index (χ3n) is 1.03. The first-order chi connectivity index (χ1) is 5.99. The predicted octanol–water partition coefficient (Wildman–Crippen LogP) is -0.0102. The average Bonchev–Trinajstić information content (AvgIpc) is 2.01. The summed E-state index contributed by atoms with van der Waals surface area (Å²) in [6, 6.07) is 0. The van der Waals surface area contributed by atoms with Gasteiger partial charge in [0, 0.05) is 0 Å². The summed E-state index contributed by atoms with van der Waals surface area (Å²) >= 11 is 5.49. The Kier molecular flexibility index (Phi) is 4.61. The zero-order valence-corrected chi connectivity index (χ0v) is 7.93. The van der Waals surface area contributed by atoms with Crippen molar-refractivity contribution in [2.45, 2.75) is 6.92 Å². The van der Waals surface area contributed by atoms with Crippen LogP contribution in [0.1, 0.15) is 6.92 Å². The van der Waals surface area contributed by atoms with E-state index in [1.165, 1.54) is 6.20 Å². The number of aliphatic imine (C=N–C) groups is 1. The first-order valence-electron chi connectivity index (χ1n) is 3.36. The van der Waals surface area contributed by atoms with Gasteiger partial charge in [-0.25, -0.2) is 4.99 Å². The van der Waals surface area contributed by atoms with E-state index in [-0.39, 0.29) is 16.7 Å². The average molecular weight is 203 g/mol. The van der Waals surface area contributed by atoms with Gasteiger partial charge in [0.05, 0.1) is 0 Å².